The van der Waals surface area contributed by atoms with Gasteiger partial charge in [0, 0.05) is 19.1 Å². The van der Waals surface area contributed by atoms with Crippen molar-refractivity contribution < 1.29 is 4.79 Å². The molecule has 1 aliphatic rings. The lowest BCUT2D eigenvalue weighted by Gasteiger charge is -2.21. The van der Waals surface area contributed by atoms with E-state index >= 15 is 0 Å². The van der Waals surface area contributed by atoms with Crippen LogP contribution in [-0.2, 0) is 4.79 Å². The van der Waals surface area contributed by atoms with Crippen LogP contribution >= 0.6 is 0 Å². The fraction of sp³-hybridized carbons (Fsp3) is 0.500. The first-order chi connectivity index (χ1) is 8.09. The molecule has 1 aliphatic heterocycles. The lowest BCUT2D eigenvalue weighted by atomic mass is 10.00. The Morgan fingerprint density at radius 3 is 2.53 bits per heavy atom. The largest absolute Gasteiger partial charge is 0.340 e. The van der Waals surface area contributed by atoms with Crippen LogP contribution < -0.4 is 5.73 Å². The zero-order valence-electron chi connectivity index (χ0n) is 10.5. The van der Waals surface area contributed by atoms with Crippen LogP contribution in [0, 0.1) is 5.92 Å². The molecule has 2 rings (SSSR count). The third-order valence-electron chi connectivity index (χ3n) is 3.65. The smallest absolute Gasteiger partial charge is 0.229 e. The number of carbonyl (C=O) groups is 1. The molecule has 1 amide bonds. The van der Waals surface area contributed by atoms with Gasteiger partial charge in [0.25, 0.3) is 0 Å². The number of likely N-dealkylation sites (tertiary alicyclic amines) is 1. The van der Waals surface area contributed by atoms with E-state index in [1.54, 1.807) is 0 Å². The molecule has 1 saturated heterocycles. The number of nitrogens with two attached hydrogens (primary N) is 1. The summed E-state index contributed by atoms with van der Waals surface area (Å²) in [6, 6.07) is 10.0. The van der Waals surface area contributed by atoms with Crippen LogP contribution in [-0.4, -0.2) is 29.9 Å². The topological polar surface area (TPSA) is 46.3 Å². The molecule has 3 nitrogen and oxygen atoms in total. The molecule has 0 aliphatic carbocycles. The summed E-state index contributed by atoms with van der Waals surface area (Å²) in [5.74, 6) is 0.520. The first kappa shape index (κ1) is 12.1. The van der Waals surface area contributed by atoms with Crippen LogP contribution in [0.3, 0.4) is 0 Å². The Balaban J connectivity index is 2.06. The van der Waals surface area contributed by atoms with Crippen molar-refractivity contribution in [3.8, 4) is 0 Å². The van der Waals surface area contributed by atoms with Gasteiger partial charge in [-0.2, -0.15) is 0 Å². The van der Waals surface area contributed by atoms with Gasteiger partial charge in [-0.3, -0.25) is 4.79 Å². The molecule has 0 bridgehead atoms. The van der Waals surface area contributed by atoms with Crippen LogP contribution in [0.15, 0.2) is 30.3 Å². The van der Waals surface area contributed by atoms with E-state index in [1.165, 1.54) is 0 Å². The SMILES string of the molecule is CC(C(=O)N1CC(C)C(N)C1)c1ccccc1. The van der Waals surface area contributed by atoms with E-state index in [9.17, 15) is 4.79 Å². The maximum atomic E-state index is 12.3. The molecule has 1 aromatic rings. The predicted octanol–water partition coefficient (Wildman–Crippen LogP) is 1.60. The zero-order chi connectivity index (χ0) is 12.4. The summed E-state index contributed by atoms with van der Waals surface area (Å²) in [6.45, 7) is 5.55. The highest BCUT2D eigenvalue weighted by Gasteiger charge is 2.32. The molecule has 17 heavy (non-hydrogen) atoms. The molecule has 3 atom stereocenters. The molecule has 1 fully saturated rings. The lowest BCUT2D eigenvalue weighted by molar-refractivity contribution is -0.131. The van der Waals surface area contributed by atoms with Crippen molar-refractivity contribution in [1.29, 1.82) is 0 Å². The highest BCUT2D eigenvalue weighted by molar-refractivity contribution is 5.83. The molecule has 0 saturated carbocycles. The summed E-state index contributed by atoms with van der Waals surface area (Å²) >= 11 is 0. The zero-order valence-corrected chi connectivity index (χ0v) is 10.5. The summed E-state index contributed by atoms with van der Waals surface area (Å²) in [7, 11) is 0. The summed E-state index contributed by atoms with van der Waals surface area (Å²) < 4.78 is 0. The van der Waals surface area contributed by atoms with Gasteiger partial charge < -0.3 is 10.6 Å². The van der Waals surface area contributed by atoms with E-state index in [-0.39, 0.29) is 17.9 Å². The van der Waals surface area contributed by atoms with Gasteiger partial charge >= 0.3 is 0 Å². The molecule has 2 N–H and O–H groups in total. The molecule has 1 heterocycles. The Labute approximate surface area is 103 Å². The van der Waals surface area contributed by atoms with Crippen LogP contribution in [0.25, 0.3) is 0 Å². The molecule has 1 aromatic carbocycles. The Bertz CT molecular complexity index is 380. The van der Waals surface area contributed by atoms with Crippen molar-refractivity contribution >= 4 is 5.91 Å². The minimum absolute atomic E-state index is 0.0753. The Kier molecular flexibility index (Phi) is 3.48. The van der Waals surface area contributed by atoms with Crippen molar-refractivity contribution in [2.24, 2.45) is 11.7 Å². The number of amides is 1. The minimum Gasteiger partial charge on any atom is -0.340 e. The second kappa shape index (κ2) is 4.88. The third-order valence-corrected chi connectivity index (χ3v) is 3.65. The molecule has 3 unspecified atom stereocenters. The normalized spacial score (nSPS) is 25.9. The van der Waals surface area contributed by atoms with Gasteiger partial charge in [0.15, 0.2) is 0 Å². The molecule has 92 valence electrons. The van der Waals surface area contributed by atoms with Gasteiger partial charge in [-0.25, -0.2) is 0 Å². The minimum atomic E-state index is -0.0753. The van der Waals surface area contributed by atoms with E-state index in [0.717, 1.165) is 12.1 Å². The van der Waals surface area contributed by atoms with Crippen LogP contribution in [0.2, 0.25) is 0 Å². The van der Waals surface area contributed by atoms with Gasteiger partial charge in [-0.05, 0) is 18.4 Å². The van der Waals surface area contributed by atoms with Gasteiger partial charge in [0.1, 0.15) is 0 Å². The number of hydrogen-bond acceptors (Lipinski definition) is 2. The quantitative estimate of drug-likeness (QED) is 0.841. The third kappa shape index (κ3) is 2.50. The number of carbonyl (C=O) groups excluding carboxylic acids is 1. The second-order valence-electron chi connectivity index (χ2n) is 5.02. The monoisotopic (exact) mass is 232 g/mol. The summed E-state index contributed by atoms with van der Waals surface area (Å²) in [4.78, 5) is 14.2. The maximum absolute atomic E-state index is 12.3. The van der Waals surface area contributed by atoms with Crippen molar-refractivity contribution in [3.05, 3.63) is 35.9 Å². The molecule has 3 heteroatoms. The maximum Gasteiger partial charge on any atom is 0.229 e. The Morgan fingerprint density at radius 2 is 2.00 bits per heavy atom. The van der Waals surface area contributed by atoms with Gasteiger partial charge in [-0.15, -0.1) is 0 Å². The lowest BCUT2D eigenvalue weighted by Crippen LogP contribution is -2.34. The van der Waals surface area contributed by atoms with Gasteiger partial charge in [-0.1, -0.05) is 37.3 Å². The summed E-state index contributed by atoms with van der Waals surface area (Å²) in [6.07, 6.45) is 0. The highest BCUT2D eigenvalue weighted by atomic mass is 16.2. The van der Waals surface area contributed by atoms with Crippen molar-refractivity contribution in [3.63, 3.8) is 0 Å². The number of benzene rings is 1. The molecule has 0 aromatic heterocycles. The van der Waals surface area contributed by atoms with Crippen LogP contribution in [0.1, 0.15) is 25.3 Å². The van der Waals surface area contributed by atoms with E-state index < -0.39 is 0 Å². The number of nitrogens with zero attached hydrogens (tertiary/aromatic N) is 1. The molecule has 0 radical (unpaired) electrons. The van der Waals surface area contributed by atoms with E-state index in [1.807, 2.05) is 42.2 Å². The van der Waals surface area contributed by atoms with Gasteiger partial charge in [0.05, 0.1) is 5.92 Å². The van der Waals surface area contributed by atoms with E-state index in [0.29, 0.717) is 12.5 Å². The highest BCUT2D eigenvalue weighted by Crippen LogP contribution is 2.22. The Hall–Kier alpha value is -1.35. The predicted molar refractivity (Wildman–Crippen MR) is 68.6 cm³/mol. The second-order valence-corrected chi connectivity index (χ2v) is 5.02. The standard InChI is InChI=1S/C14H20N2O/c1-10-8-16(9-13(10)15)14(17)11(2)12-6-4-3-5-7-12/h3-7,10-11,13H,8-9,15H2,1-2H3. The molecule has 0 spiro atoms. The summed E-state index contributed by atoms with van der Waals surface area (Å²) in [5.41, 5.74) is 7.03. The first-order valence-electron chi connectivity index (χ1n) is 6.19. The average Bonchev–Trinajstić information content (AvgIpc) is 2.69. The van der Waals surface area contributed by atoms with Crippen molar-refractivity contribution in [2.45, 2.75) is 25.8 Å². The fourth-order valence-electron chi connectivity index (χ4n) is 2.33. The fourth-order valence-corrected chi connectivity index (χ4v) is 2.33. The van der Waals surface area contributed by atoms with Crippen molar-refractivity contribution in [2.75, 3.05) is 13.1 Å². The van der Waals surface area contributed by atoms with E-state index in [2.05, 4.69) is 6.92 Å². The molecular weight excluding hydrogens is 212 g/mol. The van der Waals surface area contributed by atoms with Crippen molar-refractivity contribution in [1.82, 2.24) is 4.90 Å². The van der Waals surface area contributed by atoms with Crippen LogP contribution in [0.4, 0.5) is 0 Å². The number of hydrogen-bond donors (Lipinski definition) is 1. The average molecular weight is 232 g/mol. The number of rotatable bonds is 2. The summed E-state index contributed by atoms with van der Waals surface area (Å²) in [5, 5.41) is 0. The molecular formula is C14H20N2O. The van der Waals surface area contributed by atoms with E-state index in [4.69, 9.17) is 5.73 Å². The van der Waals surface area contributed by atoms with Crippen LogP contribution in [0.5, 0.6) is 0 Å². The van der Waals surface area contributed by atoms with Gasteiger partial charge in [0.2, 0.25) is 5.91 Å². The first-order valence-corrected chi connectivity index (χ1v) is 6.19. The Morgan fingerprint density at radius 1 is 1.35 bits per heavy atom.